The molecular formula is C16H16N2O2S. The molecule has 2 aromatic carbocycles. The number of rotatable bonds is 4. The number of nitrogens with one attached hydrogen (secondary N) is 1. The summed E-state index contributed by atoms with van der Waals surface area (Å²) < 4.78 is 27.5. The second-order valence-electron chi connectivity index (χ2n) is 4.70. The minimum absolute atomic E-state index is 0.157. The van der Waals surface area contributed by atoms with Crippen LogP contribution < -0.4 is 4.72 Å². The van der Waals surface area contributed by atoms with E-state index in [0.29, 0.717) is 16.8 Å². The fourth-order valence-electron chi connectivity index (χ4n) is 2.06. The highest BCUT2D eigenvalue weighted by Crippen LogP contribution is 2.21. The van der Waals surface area contributed by atoms with Crippen molar-refractivity contribution in [2.24, 2.45) is 0 Å². The van der Waals surface area contributed by atoms with E-state index < -0.39 is 10.0 Å². The number of hydrogen-bond donors (Lipinski definition) is 1. The van der Waals surface area contributed by atoms with Crippen molar-refractivity contribution >= 4 is 15.7 Å². The van der Waals surface area contributed by atoms with Gasteiger partial charge in [0.25, 0.3) is 10.0 Å². The standard InChI is InChI=1S/C16H16N2O2S/c1-3-13-6-4-5-7-16(13)18-21(19,20)15-9-8-14(11-17)12(2)10-15/h4-10,18H,3H2,1-2H3. The maximum Gasteiger partial charge on any atom is 0.261 e. The number of nitriles is 1. The molecule has 5 heteroatoms. The number of hydrogen-bond acceptors (Lipinski definition) is 3. The molecule has 21 heavy (non-hydrogen) atoms. The van der Waals surface area contributed by atoms with Crippen LogP contribution in [0.25, 0.3) is 0 Å². The fraction of sp³-hybridized carbons (Fsp3) is 0.188. The molecule has 108 valence electrons. The first-order chi connectivity index (χ1) is 9.97. The van der Waals surface area contributed by atoms with Crippen LogP contribution in [0.5, 0.6) is 0 Å². The third-order valence-electron chi connectivity index (χ3n) is 3.27. The first-order valence-electron chi connectivity index (χ1n) is 6.59. The van der Waals surface area contributed by atoms with Crippen LogP contribution in [0.3, 0.4) is 0 Å². The van der Waals surface area contributed by atoms with Gasteiger partial charge < -0.3 is 0 Å². The number of anilines is 1. The molecule has 0 saturated heterocycles. The molecule has 0 saturated carbocycles. The fourth-order valence-corrected chi connectivity index (χ4v) is 3.25. The maximum atomic E-state index is 12.4. The lowest BCUT2D eigenvalue weighted by Gasteiger charge is -2.12. The van der Waals surface area contributed by atoms with Gasteiger partial charge in [0.15, 0.2) is 0 Å². The predicted molar refractivity (Wildman–Crippen MR) is 82.5 cm³/mol. The van der Waals surface area contributed by atoms with Gasteiger partial charge in [-0.3, -0.25) is 4.72 Å². The molecule has 0 bridgehead atoms. The molecule has 0 amide bonds. The Kier molecular flexibility index (Phi) is 4.29. The van der Waals surface area contributed by atoms with Crippen LogP contribution in [-0.2, 0) is 16.4 Å². The molecule has 1 N–H and O–H groups in total. The van der Waals surface area contributed by atoms with Crippen LogP contribution in [-0.4, -0.2) is 8.42 Å². The van der Waals surface area contributed by atoms with Gasteiger partial charge in [-0.2, -0.15) is 5.26 Å². The van der Waals surface area contributed by atoms with E-state index in [4.69, 9.17) is 5.26 Å². The molecule has 0 heterocycles. The van der Waals surface area contributed by atoms with Crippen molar-refractivity contribution in [2.45, 2.75) is 25.2 Å². The van der Waals surface area contributed by atoms with E-state index >= 15 is 0 Å². The Labute approximate surface area is 125 Å². The van der Waals surface area contributed by atoms with E-state index in [-0.39, 0.29) is 4.90 Å². The molecule has 0 unspecified atom stereocenters. The summed E-state index contributed by atoms with van der Waals surface area (Å²) in [7, 11) is -3.65. The van der Waals surface area contributed by atoms with Gasteiger partial charge in [0.1, 0.15) is 0 Å². The van der Waals surface area contributed by atoms with Gasteiger partial charge in [-0.25, -0.2) is 8.42 Å². The zero-order chi connectivity index (χ0) is 15.5. The van der Waals surface area contributed by atoms with E-state index in [2.05, 4.69) is 4.72 Å². The molecule has 0 aromatic heterocycles. The molecule has 0 aliphatic rings. The summed E-state index contributed by atoms with van der Waals surface area (Å²) in [6, 6.07) is 13.8. The molecule has 4 nitrogen and oxygen atoms in total. The summed E-state index contributed by atoms with van der Waals surface area (Å²) in [6.45, 7) is 3.69. The van der Waals surface area contributed by atoms with Crippen LogP contribution >= 0.6 is 0 Å². The molecular weight excluding hydrogens is 284 g/mol. The first kappa shape index (κ1) is 15.1. The lowest BCUT2D eigenvalue weighted by molar-refractivity contribution is 0.601. The highest BCUT2D eigenvalue weighted by atomic mass is 32.2. The Morgan fingerprint density at radius 2 is 1.90 bits per heavy atom. The Bertz CT molecular complexity index is 805. The van der Waals surface area contributed by atoms with Gasteiger partial charge in [-0.05, 0) is 48.7 Å². The SMILES string of the molecule is CCc1ccccc1NS(=O)(=O)c1ccc(C#N)c(C)c1. The first-order valence-corrected chi connectivity index (χ1v) is 8.07. The van der Waals surface area contributed by atoms with Crippen molar-refractivity contribution in [2.75, 3.05) is 4.72 Å². The Morgan fingerprint density at radius 3 is 2.52 bits per heavy atom. The van der Waals surface area contributed by atoms with Gasteiger partial charge in [0.2, 0.25) is 0 Å². The molecule has 0 aliphatic heterocycles. The summed E-state index contributed by atoms with van der Waals surface area (Å²) in [5.74, 6) is 0. The van der Waals surface area contributed by atoms with Gasteiger partial charge in [-0.15, -0.1) is 0 Å². The zero-order valence-electron chi connectivity index (χ0n) is 11.9. The van der Waals surface area contributed by atoms with E-state index in [1.54, 1.807) is 19.1 Å². The van der Waals surface area contributed by atoms with Gasteiger partial charge >= 0.3 is 0 Å². The van der Waals surface area contributed by atoms with Gasteiger partial charge in [-0.1, -0.05) is 25.1 Å². The largest absolute Gasteiger partial charge is 0.279 e. The normalized spacial score (nSPS) is 10.9. The second kappa shape index (κ2) is 5.98. The summed E-state index contributed by atoms with van der Waals surface area (Å²) in [5, 5.41) is 8.90. The van der Waals surface area contributed by atoms with E-state index in [1.165, 1.54) is 18.2 Å². The molecule has 0 fully saturated rings. The topological polar surface area (TPSA) is 70.0 Å². The smallest absolute Gasteiger partial charge is 0.261 e. The Balaban J connectivity index is 2.39. The van der Waals surface area contributed by atoms with Crippen molar-refractivity contribution in [1.29, 1.82) is 5.26 Å². The van der Waals surface area contributed by atoms with Crippen LogP contribution in [0, 0.1) is 18.3 Å². The highest BCUT2D eigenvalue weighted by molar-refractivity contribution is 7.92. The number of aryl methyl sites for hydroxylation is 2. The third-order valence-corrected chi connectivity index (χ3v) is 4.63. The lowest BCUT2D eigenvalue weighted by Crippen LogP contribution is -2.14. The van der Waals surface area contributed by atoms with Crippen molar-refractivity contribution in [3.8, 4) is 6.07 Å². The van der Waals surface area contributed by atoms with Crippen molar-refractivity contribution in [3.05, 3.63) is 59.2 Å². The predicted octanol–water partition coefficient (Wildman–Crippen LogP) is 3.23. The number of sulfonamides is 1. The van der Waals surface area contributed by atoms with Gasteiger partial charge in [0, 0.05) is 0 Å². The van der Waals surface area contributed by atoms with Crippen LogP contribution in [0.2, 0.25) is 0 Å². The molecule has 2 rings (SSSR count). The Morgan fingerprint density at radius 1 is 1.19 bits per heavy atom. The minimum Gasteiger partial charge on any atom is -0.279 e. The van der Waals surface area contributed by atoms with Crippen LogP contribution in [0.4, 0.5) is 5.69 Å². The summed E-state index contributed by atoms with van der Waals surface area (Å²) in [4.78, 5) is 0.157. The Hall–Kier alpha value is -2.32. The van der Waals surface area contributed by atoms with Crippen LogP contribution in [0.1, 0.15) is 23.6 Å². The highest BCUT2D eigenvalue weighted by Gasteiger charge is 2.16. The van der Waals surface area contributed by atoms with E-state index in [9.17, 15) is 8.42 Å². The number of nitrogens with zero attached hydrogens (tertiary/aromatic N) is 1. The molecule has 0 atom stereocenters. The van der Waals surface area contributed by atoms with Crippen LogP contribution in [0.15, 0.2) is 47.4 Å². The quantitative estimate of drug-likeness (QED) is 0.942. The van der Waals surface area contributed by atoms with Gasteiger partial charge in [0.05, 0.1) is 22.2 Å². The molecule has 2 aromatic rings. The lowest BCUT2D eigenvalue weighted by atomic mass is 10.1. The minimum atomic E-state index is -3.65. The molecule has 0 spiro atoms. The van der Waals surface area contributed by atoms with Crippen molar-refractivity contribution in [1.82, 2.24) is 0 Å². The summed E-state index contributed by atoms with van der Waals surface area (Å²) >= 11 is 0. The second-order valence-corrected chi connectivity index (χ2v) is 6.39. The average molecular weight is 300 g/mol. The number of benzene rings is 2. The third kappa shape index (κ3) is 3.23. The summed E-state index contributed by atoms with van der Waals surface area (Å²) in [5.41, 5.74) is 2.64. The maximum absolute atomic E-state index is 12.4. The van der Waals surface area contributed by atoms with Crippen molar-refractivity contribution in [3.63, 3.8) is 0 Å². The van der Waals surface area contributed by atoms with Crippen molar-refractivity contribution < 1.29 is 8.42 Å². The summed E-state index contributed by atoms with van der Waals surface area (Å²) in [6.07, 6.45) is 0.741. The monoisotopic (exact) mass is 300 g/mol. The molecule has 0 aliphatic carbocycles. The number of para-hydroxylation sites is 1. The van der Waals surface area contributed by atoms with E-state index in [0.717, 1.165) is 12.0 Å². The molecule has 0 radical (unpaired) electrons. The van der Waals surface area contributed by atoms with E-state index in [1.807, 2.05) is 25.1 Å². The average Bonchev–Trinajstić information content (AvgIpc) is 2.47. The zero-order valence-corrected chi connectivity index (χ0v) is 12.7.